The number of likely N-dealkylation sites (tertiary alicyclic amines) is 1. The van der Waals surface area contributed by atoms with Gasteiger partial charge in [-0.05, 0) is 48.2 Å². The molecule has 1 aliphatic carbocycles. The minimum atomic E-state index is -0.356. The molecule has 2 heterocycles. The molecule has 188 valence electrons. The third-order valence-electron chi connectivity index (χ3n) is 7.42. The predicted molar refractivity (Wildman–Crippen MR) is 134 cm³/mol. The third kappa shape index (κ3) is 4.20. The second-order valence-electron chi connectivity index (χ2n) is 9.47. The average molecular weight is 492 g/mol. The highest BCUT2D eigenvalue weighted by molar-refractivity contribution is 5.98. The van der Waals surface area contributed by atoms with Gasteiger partial charge in [-0.1, -0.05) is 30.3 Å². The van der Waals surface area contributed by atoms with Gasteiger partial charge in [0.25, 0.3) is 5.91 Å². The van der Waals surface area contributed by atoms with Crippen LogP contribution >= 0.6 is 0 Å². The van der Waals surface area contributed by atoms with Gasteiger partial charge in [0.1, 0.15) is 18.1 Å². The Kier molecular flexibility index (Phi) is 6.64. The number of rotatable bonds is 7. The fourth-order valence-electron chi connectivity index (χ4n) is 5.84. The number of nitrogens with one attached hydrogen (secondary N) is 2. The van der Waals surface area contributed by atoms with Gasteiger partial charge in [0, 0.05) is 36.5 Å². The minimum absolute atomic E-state index is 0.0312. The maximum atomic E-state index is 13.6. The lowest BCUT2D eigenvalue weighted by Crippen LogP contribution is -2.52. The van der Waals surface area contributed by atoms with Gasteiger partial charge in [-0.2, -0.15) is 0 Å². The van der Waals surface area contributed by atoms with E-state index in [0.29, 0.717) is 43.6 Å². The number of halogens is 1. The molecule has 0 bridgehead atoms. The Morgan fingerprint density at radius 1 is 1.22 bits per heavy atom. The summed E-state index contributed by atoms with van der Waals surface area (Å²) < 4.78 is 25.0. The van der Waals surface area contributed by atoms with Crippen LogP contribution in [0.1, 0.15) is 40.5 Å². The first-order valence-corrected chi connectivity index (χ1v) is 12.1. The summed E-state index contributed by atoms with van der Waals surface area (Å²) >= 11 is 0. The summed E-state index contributed by atoms with van der Waals surface area (Å²) in [6, 6.07) is 13.9. The van der Waals surface area contributed by atoms with Crippen LogP contribution in [0.5, 0.6) is 0 Å². The molecular weight excluding hydrogens is 461 g/mol. The number of aromatic nitrogens is 1. The van der Waals surface area contributed by atoms with Crippen LogP contribution in [0, 0.1) is 5.82 Å². The third-order valence-corrected chi connectivity index (χ3v) is 7.42. The van der Waals surface area contributed by atoms with E-state index in [2.05, 4.69) is 22.9 Å². The number of nitrogens with zero attached hydrogens (tertiary/aromatic N) is 1. The molecule has 1 spiro atoms. The van der Waals surface area contributed by atoms with Crippen molar-refractivity contribution in [3.8, 4) is 0 Å². The normalized spacial score (nSPS) is 20.4. The van der Waals surface area contributed by atoms with Crippen LogP contribution < -0.4 is 5.32 Å². The lowest BCUT2D eigenvalue weighted by Gasteiger charge is -2.44. The molecule has 1 saturated heterocycles. The fourth-order valence-corrected chi connectivity index (χ4v) is 5.84. The van der Waals surface area contributed by atoms with Gasteiger partial charge in [0.2, 0.25) is 5.91 Å². The zero-order chi connectivity index (χ0) is 25.3. The summed E-state index contributed by atoms with van der Waals surface area (Å²) in [5.74, 6) is -0.649. The summed E-state index contributed by atoms with van der Waals surface area (Å²) in [4.78, 5) is 30.8. The second kappa shape index (κ2) is 9.87. The SMILES string of the molecule is C=CCO[C@@H]1[C@@H](NC(=O)COC)c2ccccc2C12CCN(C(=O)c1cc3cc(F)ccc3[nH]1)CC2. The highest BCUT2D eigenvalue weighted by Crippen LogP contribution is 2.52. The van der Waals surface area contributed by atoms with E-state index < -0.39 is 0 Å². The lowest BCUT2D eigenvalue weighted by molar-refractivity contribution is -0.127. The Labute approximate surface area is 209 Å². The number of benzene rings is 2. The maximum Gasteiger partial charge on any atom is 0.270 e. The molecule has 2 aliphatic rings. The van der Waals surface area contributed by atoms with Crippen molar-refractivity contribution in [1.29, 1.82) is 0 Å². The number of methoxy groups -OCH3 is 1. The van der Waals surface area contributed by atoms with E-state index in [9.17, 15) is 14.0 Å². The number of hydrogen-bond acceptors (Lipinski definition) is 4. The monoisotopic (exact) mass is 491 g/mol. The molecule has 2 aromatic carbocycles. The first-order chi connectivity index (χ1) is 17.5. The number of fused-ring (bicyclic) bond motifs is 3. The first kappa shape index (κ1) is 24.2. The fraction of sp³-hybridized carbons (Fsp3) is 0.357. The van der Waals surface area contributed by atoms with E-state index in [0.717, 1.165) is 16.6 Å². The van der Waals surface area contributed by atoms with Gasteiger partial charge in [-0.25, -0.2) is 4.39 Å². The number of piperidine rings is 1. The molecule has 7 nitrogen and oxygen atoms in total. The zero-order valence-corrected chi connectivity index (χ0v) is 20.3. The number of hydrogen-bond donors (Lipinski definition) is 2. The highest BCUT2D eigenvalue weighted by Gasteiger charge is 2.54. The summed E-state index contributed by atoms with van der Waals surface area (Å²) in [5.41, 5.74) is 3.00. The number of carbonyl (C=O) groups is 2. The van der Waals surface area contributed by atoms with Crippen molar-refractivity contribution in [1.82, 2.24) is 15.2 Å². The molecule has 1 aromatic heterocycles. The summed E-state index contributed by atoms with van der Waals surface area (Å²) in [6.07, 6.45) is 2.77. The molecule has 2 amide bonds. The quantitative estimate of drug-likeness (QED) is 0.492. The van der Waals surface area contributed by atoms with Crippen molar-refractivity contribution in [2.45, 2.75) is 30.4 Å². The maximum absolute atomic E-state index is 13.6. The predicted octanol–water partition coefficient (Wildman–Crippen LogP) is 3.87. The molecule has 2 atom stereocenters. The Balaban J connectivity index is 1.41. The summed E-state index contributed by atoms with van der Waals surface area (Å²) in [5, 5.41) is 3.78. The van der Waals surface area contributed by atoms with Crippen LogP contribution in [-0.4, -0.2) is 61.2 Å². The number of amides is 2. The molecule has 0 radical (unpaired) electrons. The number of carbonyl (C=O) groups excluding carboxylic acids is 2. The average Bonchev–Trinajstić information content (AvgIpc) is 3.41. The van der Waals surface area contributed by atoms with E-state index in [1.54, 1.807) is 18.2 Å². The minimum Gasteiger partial charge on any atom is -0.375 e. The van der Waals surface area contributed by atoms with Crippen LogP contribution in [-0.2, 0) is 19.7 Å². The lowest BCUT2D eigenvalue weighted by atomic mass is 9.71. The molecule has 1 fully saturated rings. The summed E-state index contributed by atoms with van der Waals surface area (Å²) in [7, 11) is 1.49. The van der Waals surface area contributed by atoms with E-state index in [1.165, 1.54) is 19.2 Å². The van der Waals surface area contributed by atoms with Crippen LogP contribution in [0.15, 0.2) is 61.2 Å². The molecule has 5 rings (SSSR count). The smallest absolute Gasteiger partial charge is 0.270 e. The standard InChI is InChI=1S/C28H30FN3O4/c1-3-14-36-26-25(31-24(33)17-35-2)20-6-4-5-7-21(20)28(26)10-12-32(13-11-28)27(34)23-16-18-15-19(29)8-9-22(18)30-23/h3-9,15-16,25-26,30H,1,10-14,17H2,2H3,(H,31,33)/t25-,26+/m0/s1. The molecule has 0 saturated carbocycles. The number of aromatic amines is 1. The first-order valence-electron chi connectivity index (χ1n) is 12.1. The Hall–Kier alpha value is -3.49. The zero-order valence-electron chi connectivity index (χ0n) is 20.3. The van der Waals surface area contributed by atoms with Gasteiger partial charge in [0.15, 0.2) is 0 Å². The van der Waals surface area contributed by atoms with Crippen molar-refractivity contribution in [3.05, 3.63) is 83.8 Å². The van der Waals surface area contributed by atoms with E-state index >= 15 is 0 Å². The molecule has 0 unspecified atom stereocenters. The van der Waals surface area contributed by atoms with E-state index in [4.69, 9.17) is 9.47 Å². The van der Waals surface area contributed by atoms with Crippen molar-refractivity contribution >= 4 is 22.7 Å². The van der Waals surface area contributed by atoms with Crippen LogP contribution in [0.4, 0.5) is 4.39 Å². The molecule has 3 aromatic rings. The Bertz CT molecular complexity index is 1290. The van der Waals surface area contributed by atoms with Gasteiger partial charge >= 0.3 is 0 Å². The van der Waals surface area contributed by atoms with Crippen molar-refractivity contribution in [3.63, 3.8) is 0 Å². The van der Waals surface area contributed by atoms with Crippen molar-refractivity contribution in [2.24, 2.45) is 0 Å². The number of ether oxygens (including phenoxy) is 2. The van der Waals surface area contributed by atoms with Crippen molar-refractivity contribution < 1.29 is 23.5 Å². The van der Waals surface area contributed by atoms with Gasteiger partial charge in [-0.15, -0.1) is 6.58 Å². The Morgan fingerprint density at radius 3 is 2.75 bits per heavy atom. The van der Waals surface area contributed by atoms with Crippen molar-refractivity contribution in [2.75, 3.05) is 33.4 Å². The van der Waals surface area contributed by atoms with Crippen LogP contribution in [0.3, 0.4) is 0 Å². The van der Waals surface area contributed by atoms with Gasteiger partial charge < -0.3 is 24.7 Å². The van der Waals surface area contributed by atoms with E-state index in [1.807, 2.05) is 23.1 Å². The highest BCUT2D eigenvalue weighted by atomic mass is 19.1. The molecular formula is C28H30FN3O4. The largest absolute Gasteiger partial charge is 0.375 e. The Morgan fingerprint density at radius 2 is 2.00 bits per heavy atom. The van der Waals surface area contributed by atoms with Crippen LogP contribution in [0.2, 0.25) is 0 Å². The van der Waals surface area contributed by atoms with Gasteiger partial charge in [0.05, 0.1) is 18.8 Å². The molecule has 1 aliphatic heterocycles. The molecule has 2 N–H and O–H groups in total. The molecule has 36 heavy (non-hydrogen) atoms. The second-order valence-corrected chi connectivity index (χ2v) is 9.47. The summed E-state index contributed by atoms with van der Waals surface area (Å²) in [6.45, 7) is 5.18. The van der Waals surface area contributed by atoms with E-state index in [-0.39, 0.29) is 41.8 Å². The van der Waals surface area contributed by atoms with Gasteiger partial charge in [-0.3, -0.25) is 9.59 Å². The number of H-pyrrole nitrogens is 1. The van der Waals surface area contributed by atoms with Crippen LogP contribution in [0.25, 0.3) is 10.9 Å². The topological polar surface area (TPSA) is 83.7 Å². The molecule has 8 heteroatoms.